The van der Waals surface area contributed by atoms with Gasteiger partial charge in [0.15, 0.2) is 0 Å². The van der Waals surface area contributed by atoms with Gasteiger partial charge in [-0.05, 0) is 75.8 Å². The van der Waals surface area contributed by atoms with Crippen molar-refractivity contribution in [1.82, 2.24) is 4.57 Å². The molecule has 7 aromatic rings. The van der Waals surface area contributed by atoms with Crippen LogP contribution in [0.4, 0.5) is 0 Å². The maximum Gasteiger partial charge on any atom is 0.113 e. The number of hydrogen-bond donors (Lipinski definition) is 0. The Morgan fingerprint density at radius 3 is 2.00 bits per heavy atom. The predicted molar refractivity (Wildman–Crippen MR) is 184 cm³/mol. The third kappa shape index (κ3) is 3.06. The fraction of sp³-hybridized carbons (Fsp3) is 0.122. The van der Waals surface area contributed by atoms with Crippen molar-refractivity contribution >= 4 is 40.3 Å². The molecule has 6 aromatic carbocycles. The van der Waals surface area contributed by atoms with Crippen LogP contribution in [0.5, 0.6) is 0 Å². The third-order valence-electron chi connectivity index (χ3n) is 10.3. The van der Waals surface area contributed by atoms with Crippen molar-refractivity contribution in [2.75, 3.05) is 0 Å². The number of rotatable bonds is 1. The van der Waals surface area contributed by atoms with Crippen LogP contribution in [0, 0.1) is 13.8 Å². The first-order valence-electron chi connectivity index (χ1n) is 15.4. The Bertz CT molecular complexity index is 2280. The highest BCUT2D eigenvalue weighted by atomic mass is 28.3. The standard InChI is InChI=1S/C41H33NSi/c1-26-22-27(2)24-29(23-26)28-20-21-39-35(25-28)41(33-15-7-10-19-38(33)43(39,3)4)32-14-6-9-18-37(32)42-36-17-8-5-12-30(36)31-13-11-16-34(41)40(31)42/h5-25H,1-4H3. The molecule has 2 heteroatoms. The summed E-state index contributed by atoms with van der Waals surface area (Å²) in [6.07, 6.45) is 0. The lowest BCUT2D eigenvalue weighted by atomic mass is 9.62. The zero-order chi connectivity index (χ0) is 29.1. The van der Waals surface area contributed by atoms with Crippen molar-refractivity contribution in [3.05, 3.63) is 161 Å². The van der Waals surface area contributed by atoms with Crippen molar-refractivity contribution in [2.45, 2.75) is 32.4 Å². The number of nitrogens with zero attached hydrogens (tertiary/aromatic N) is 1. The summed E-state index contributed by atoms with van der Waals surface area (Å²) in [4.78, 5) is 0. The number of para-hydroxylation sites is 3. The van der Waals surface area contributed by atoms with E-state index in [0.29, 0.717) is 0 Å². The Morgan fingerprint density at radius 1 is 0.512 bits per heavy atom. The van der Waals surface area contributed by atoms with E-state index >= 15 is 0 Å². The van der Waals surface area contributed by atoms with Gasteiger partial charge in [-0.1, -0.05) is 133 Å². The number of fused-ring (bicyclic) bond motifs is 11. The van der Waals surface area contributed by atoms with E-state index in [4.69, 9.17) is 0 Å². The highest BCUT2D eigenvalue weighted by molar-refractivity contribution is 7.01. The maximum absolute atomic E-state index is 2.56. The Morgan fingerprint density at radius 2 is 1.16 bits per heavy atom. The predicted octanol–water partition coefficient (Wildman–Crippen LogP) is 8.90. The minimum Gasteiger partial charge on any atom is -0.309 e. The normalized spacial score (nSPS) is 17.6. The molecule has 0 aliphatic carbocycles. The molecule has 0 fully saturated rings. The van der Waals surface area contributed by atoms with E-state index < -0.39 is 13.5 Å². The summed E-state index contributed by atoms with van der Waals surface area (Å²) in [5.74, 6) is 0. The summed E-state index contributed by atoms with van der Waals surface area (Å²) in [5, 5.41) is 5.72. The van der Waals surface area contributed by atoms with Crippen LogP contribution in [0.2, 0.25) is 13.1 Å². The Labute approximate surface area is 254 Å². The molecule has 0 N–H and O–H groups in total. The smallest absolute Gasteiger partial charge is 0.113 e. The largest absolute Gasteiger partial charge is 0.309 e. The van der Waals surface area contributed by atoms with E-state index in [1.807, 2.05) is 0 Å². The van der Waals surface area contributed by atoms with Crippen molar-refractivity contribution in [2.24, 2.45) is 0 Å². The highest BCUT2D eigenvalue weighted by Gasteiger charge is 2.53. The molecule has 1 nitrogen and oxygen atoms in total. The molecule has 3 heterocycles. The van der Waals surface area contributed by atoms with Gasteiger partial charge in [0, 0.05) is 10.8 Å². The lowest BCUT2D eigenvalue weighted by Gasteiger charge is -2.49. The number of aromatic nitrogens is 1. The van der Waals surface area contributed by atoms with Crippen LogP contribution in [-0.2, 0) is 5.41 Å². The summed E-state index contributed by atoms with van der Waals surface area (Å²) in [6, 6.07) is 48.9. The quantitative estimate of drug-likeness (QED) is 0.175. The minimum absolute atomic E-state index is 0.427. The second-order valence-corrected chi connectivity index (χ2v) is 17.5. The van der Waals surface area contributed by atoms with E-state index in [0.717, 1.165) is 0 Å². The summed E-state index contributed by atoms with van der Waals surface area (Å²) < 4.78 is 2.54. The van der Waals surface area contributed by atoms with Gasteiger partial charge in [-0.25, -0.2) is 0 Å². The van der Waals surface area contributed by atoms with Gasteiger partial charge in [0.05, 0.1) is 22.1 Å². The fourth-order valence-corrected chi connectivity index (χ4v) is 11.8. The topological polar surface area (TPSA) is 4.93 Å². The van der Waals surface area contributed by atoms with Crippen LogP contribution in [0.15, 0.2) is 127 Å². The van der Waals surface area contributed by atoms with Gasteiger partial charge >= 0.3 is 0 Å². The Kier molecular flexibility index (Phi) is 4.90. The Hall–Kier alpha value is -4.66. The van der Waals surface area contributed by atoms with E-state index in [1.54, 1.807) is 0 Å². The second-order valence-electron chi connectivity index (χ2n) is 13.1. The van der Waals surface area contributed by atoms with E-state index in [9.17, 15) is 0 Å². The number of aryl methyl sites for hydroxylation is 2. The molecule has 1 spiro atoms. The van der Waals surface area contributed by atoms with Gasteiger partial charge in [-0.3, -0.25) is 0 Å². The van der Waals surface area contributed by atoms with Crippen LogP contribution >= 0.6 is 0 Å². The molecular weight excluding hydrogens is 535 g/mol. The monoisotopic (exact) mass is 567 g/mol. The van der Waals surface area contributed by atoms with E-state index in [-0.39, 0.29) is 0 Å². The SMILES string of the molecule is Cc1cc(C)cc(-c2ccc3c(c2)C2(c4ccccc4-n4c5ccccc5c5cccc2c54)c2ccccc2[Si]3(C)C)c1. The zero-order valence-electron chi connectivity index (χ0n) is 25.1. The molecule has 0 amide bonds. The zero-order valence-corrected chi connectivity index (χ0v) is 26.1. The molecule has 0 bridgehead atoms. The van der Waals surface area contributed by atoms with Gasteiger partial charge in [0.1, 0.15) is 8.07 Å². The summed E-state index contributed by atoms with van der Waals surface area (Å²) >= 11 is 0. The van der Waals surface area contributed by atoms with Gasteiger partial charge in [-0.2, -0.15) is 0 Å². The highest BCUT2D eigenvalue weighted by Crippen LogP contribution is 2.55. The van der Waals surface area contributed by atoms with Crippen LogP contribution < -0.4 is 10.4 Å². The molecule has 9 rings (SSSR count). The first-order valence-corrected chi connectivity index (χ1v) is 18.4. The molecule has 206 valence electrons. The summed E-state index contributed by atoms with van der Waals surface area (Å²) in [6.45, 7) is 9.50. The minimum atomic E-state index is -2.02. The third-order valence-corrected chi connectivity index (χ3v) is 13.9. The van der Waals surface area contributed by atoms with Gasteiger partial charge < -0.3 is 4.57 Å². The fourth-order valence-electron chi connectivity index (χ4n) is 8.65. The first kappa shape index (κ1) is 24.9. The van der Waals surface area contributed by atoms with Crippen molar-refractivity contribution in [1.29, 1.82) is 0 Å². The average Bonchev–Trinajstić information content (AvgIpc) is 3.36. The maximum atomic E-state index is 2.56. The van der Waals surface area contributed by atoms with Crippen molar-refractivity contribution in [3.63, 3.8) is 0 Å². The number of hydrogen-bond acceptors (Lipinski definition) is 0. The molecular formula is C41H33NSi. The molecule has 43 heavy (non-hydrogen) atoms. The lowest BCUT2D eigenvalue weighted by Crippen LogP contribution is -2.63. The summed E-state index contributed by atoms with van der Waals surface area (Å²) in [5.41, 5.74) is 14.3. The molecule has 0 radical (unpaired) electrons. The van der Waals surface area contributed by atoms with Crippen LogP contribution in [-0.4, -0.2) is 12.6 Å². The molecule has 2 aliphatic heterocycles. The molecule has 0 saturated carbocycles. The van der Waals surface area contributed by atoms with Crippen molar-refractivity contribution in [3.8, 4) is 16.8 Å². The first-order chi connectivity index (χ1) is 20.9. The summed E-state index contributed by atoms with van der Waals surface area (Å²) in [7, 11) is -2.02. The Balaban J connectivity index is 1.52. The molecule has 1 atom stereocenters. The van der Waals surface area contributed by atoms with Crippen LogP contribution in [0.3, 0.4) is 0 Å². The van der Waals surface area contributed by atoms with Gasteiger partial charge in [-0.15, -0.1) is 0 Å². The average molecular weight is 568 g/mol. The molecule has 1 aromatic heterocycles. The molecule has 2 aliphatic rings. The second kappa shape index (κ2) is 8.46. The van der Waals surface area contributed by atoms with E-state index in [1.165, 1.54) is 82.4 Å². The molecule has 1 unspecified atom stereocenters. The molecule has 0 saturated heterocycles. The number of benzene rings is 6. The van der Waals surface area contributed by atoms with Gasteiger partial charge in [0.25, 0.3) is 0 Å². The van der Waals surface area contributed by atoms with Crippen LogP contribution in [0.1, 0.15) is 33.4 Å². The van der Waals surface area contributed by atoms with E-state index in [2.05, 4.69) is 159 Å². The van der Waals surface area contributed by atoms with Gasteiger partial charge in [0.2, 0.25) is 0 Å². The lowest BCUT2D eigenvalue weighted by molar-refractivity contribution is 0.732. The van der Waals surface area contributed by atoms with Crippen molar-refractivity contribution < 1.29 is 0 Å². The van der Waals surface area contributed by atoms with Crippen LogP contribution in [0.25, 0.3) is 38.6 Å².